The van der Waals surface area contributed by atoms with Crippen LogP contribution in [0.1, 0.15) is 16.8 Å². The van der Waals surface area contributed by atoms with Gasteiger partial charge in [0.05, 0.1) is 36.8 Å². The highest BCUT2D eigenvalue weighted by Gasteiger charge is 2.08. The highest BCUT2D eigenvalue weighted by Crippen LogP contribution is 2.21. The molecule has 4 rings (SSSR count). The second-order valence-corrected chi connectivity index (χ2v) is 7.04. The maximum atomic E-state index is 12.1. The molecule has 1 N–H and O–H groups in total. The van der Waals surface area contributed by atoms with Crippen LogP contribution >= 0.6 is 0 Å². The Morgan fingerprint density at radius 2 is 1.79 bits per heavy atom. The van der Waals surface area contributed by atoms with Gasteiger partial charge in [-0.15, -0.1) is 0 Å². The highest BCUT2D eigenvalue weighted by atomic mass is 16.5. The fourth-order valence-electron chi connectivity index (χ4n) is 3.08. The lowest BCUT2D eigenvalue weighted by Crippen LogP contribution is -2.09. The van der Waals surface area contributed by atoms with Gasteiger partial charge in [-0.05, 0) is 48.5 Å². The molecule has 0 aliphatic carbocycles. The van der Waals surface area contributed by atoms with Gasteiger partial charge < -0.3 is 23.9 Å². The van der Waals surface area contributed by atoms with Crippen LogP contribution in [0, 0.1) is 0 Å². The van der Waals surface area contributed by atoms with Crippen LogP contribution in [-0.4, -0.2) is 31.3 Å². The molecule has 0 amide bonds. The zero-order chi connectivity index (χ0) is 23.0. The molecule has 4 aromatic rings. The number of esters is 1. The molecule has 168 valence electrons. The normalized spacial score (nSPS) is 10.6. The molecule has 0 aliphatic heterocycles. The van der Waals surface area contributed by atoms with Gasteiger partial charge in [0, 0.05) is 18.2 Å². The minimum atomic E-state index is -0.459. The van der Waals surface area contributed by atoms with Crippen molar-refractivity contribution in [2.75, 3.05) is 25.6 Å². The molecular formula is C25H22N2O6. The Kier molecular flexibility index (Phi) is 6.84. The number of methoxy groups -OCH3 is 1. The number of hydrogen-bond donors (Lipinski definition) is 1. The molecule has 1 aromatic heterocycles. The molecule has 0 saturated carbocycles. The number of ether oxygens (including phenoxy) is 3. The van der Waals surface area contributed by atoms with Crippen LogP contribution in [0.4, 0.5) is 11.7 Å². The van der Waals surface area contributed by atoms with Crippen molar-refractivity contribution in [2.45, 2.75) is 6.42 Å². The van der Waals surface area contributed by atoms with Crippen LogP contribution < -0.4 is 20.4 Å². The lowest BCUT2D eigenvalue weighted by Gasteiger charge is -2.10. The number of benzene rings is 3. The molecular weight excluding hydrogens is 424 g/mol. The topological polar surface area (TPSA) is 99.9 Å². The Morgan fingerprint density at radius 1 is 0.970 bits per heavy atom. The predicted octanol–water partition coefficient (Wildman–Crippen LogP) is 4.57. The Balaban J connectivity index is 1.27. The SMILES string of the molecule is COc1ccc(C(=O)OCCCOc2cccc(Nc3nc4ccccc4c(=O)o3)c2)cc1. The quantitative estimate of drug-likeness (QED) is 0.295. The molecule has 0 unspecified atom stereocenters. The van der Waals surface area contributed by atoms with E-state index in [1.807, 2.05) is 0 Å². The summed E-state index contributed by atoms with van der Waals surface area (Å²) in [6.45, 7) is 0.595. The minimum absolute atomic E-state index is 0.0984. The van der Waals surface area contributed by atoms with Gasteiger partial charge in [-0.1, -0.05) is 18.2 Å². The number of nitrogens with zero attached hydrogens (tertiary/aromatic N) is 1. The Labute approximate surface area is 189 Å². The second kappa shape index (κ2) is 10.3. The molecule has 8 heteroatoms. The molecule has 0 fully saturated rings. The van der Waals surface area contributed by atoms with E-state index in [1.54, 1.807) is 79.9 Å². The molecule has 0 atom stereocenters. The maximum Gasteiger partial charge on any atom is 0.348 e. The van der Waals surface area contributed by atoms with E-state index >= 15 is 0 Å². The summed E-state index contributed by atoms with van der Waals surface area (Å²) in [7, 11) is 1.57. The lowest BCUT2D eigenvalue weighted by atomic mass is 10.2. The van der Waals surface area contributed by atoms with Crippen molar-refractivity contribution in [1.29, 1.82) is 0 Å². The van der Waals surface area contributed by atoms with Crippen molar-refractivity contribution in [3.05, 3.63) is 88.8 Å². The average Bonchev–Trinajstić information content (AvgIpc) is 2.84. The third-order valence-electron chi connectivity index (χ3n) is 4.74. The number of nitrogens with one attached hydrogen (secondary N) is 1. The van der Waals surface area contributed by atoms with Gasteiger partial charge >= 0.3 is 17.6 Å². The van der Waals surface area contributed by atoms with Crippen molar-refractivity contribution in [3.8, 4) is 11.5 Å². The number of para-hydroxylation sites is 1. The number of rotatable bonds is 9. The van der Waals surface area contributed by atoms with E-state index in [-0.39, 0.29) is 12.6 Å². The third kappa shape index (κ3) is 5.68. The fourth-order valence-corrected chi connectivity index (χ4v) is 3.08. The molecule has 0 saturated heterocycles. The molecule has 8 nitrogen and oxygen atoms in total. The molecule has 0 aliphatic rings. The summed E-state index contributed by atoms with van der Waals surface area (Å²) in [6, 6.07) is 21.0. The van der Waals surface area contributed by atoms with Crippen molar-refractivity contribution >= 4 is 28.6 Å². The number of aromatic nitrogens is 1. The van der Waals surface area contributed by atoms with E-state index in [1.165, 1.54) is 0 Å². The van der Waals surface area contributed by atoms with Crippen LogP contribution in [-0.2, 0) is 4.74 Å². The highest BCUT2D eigenvalue weighted by molar-refractivity contribution is 5.89. The van der Waals surface area contributed by atoms with Gasteiger partial charge in [0.15, 0.2) is 0 Å². The second-order valence-electron chi connectivity index (χ2n) is 7.04. The van der Waals surface area contributed by atoms with Crippen molar-refractivity contribution in [3.63, 3.8) is 0 Å². The van der Waals surface area contributed by atoms with Gasteiger partial charge in [0.2, 0.25) is 0 Å². The average molecular weight is 446 g/mol. The summed E-state index contributed by atoms with van der Waals surface area (Å²) in [5, 5.41) is 3.41. The van der Waals surface area contributed by atoms with E-state index < -0.39 is 11.6 Å². The molecule has 0 radical (unpaired) electrons. The summed E-state index contributed by atoms with van der Waals surface area (Å²) in [4.78, 5) is 28.5. The van der Waals surface area contributed by atoms with Crippen LogP contribution in [0.3, 0.4) is 0 Å². The molecule has 1 heterocycles. The Bertz CT molecular complexity index is 1300. The lowest BCUT2D eigenvalue weighted by molar-refractivity contribution is 0.0486. The first-order valence-corrected chi connectivity index (χ1v) is 10.3. The van der Waals surface area contributed by atoms with Gasteiger partial charge in [0.25, 0.3) is 0 Å². The summed E-state index contributed by atoms with van der Waals surface area (Å²) < 4.78 is 21.3. The number of fused-ring (bicyclic) bond motifs is 1. The number of hydrogen-bond acceptors (Lipinski definition) is 8. The first-order valence-electron chi connectivity index (χ1n) is 10.3. The zero-order valence-corrected chi connectivity index (χ0v) is 17.9. The zero-order valence-electron chi connectivity index (χ0n) is 17.9. The van der Waals surface area contributed by atoms with Crippen molar-refractivity contribution < 1.29 is 23.4 Å². The largest absolute Gasteiger partial charge is 0.497 e. The minimum Gasteiger partial charge on any atom is -0.497 e. The van der Waals surface area contributed by atoms with E-state index in [0.29, 0.717) is 46.7 Å². The number of carbonyl (C=O) groups excluding carboxylic acids is 1. The summed E-state index contributed by atoms with van der Waals surface area (Å²) in [5.74, 6) is 0.896. The molecule has 0 bridgehead atoms. The standard InChI is InChI=1S/C25H22N2O6/c1-30-19-12-10-17(11-13-19)23(28)32-15-5-14-31-20-7-4-6-18(16-20)26-25-27-22-9-3-2-8-21(22)24(29)33-25/h2-4,6-13,16H,5,14-15H2,1H3,(H,26,27). The third-order valence-corrected chi connectivity index (χ3v) is 4.74. The van der Waals surface area contributed by atoms with Crippen LogP contribution in [0.2, 0.25) is 0 Å². The van der Waals surface area contributed by atoms with Crippen molar-refractivity contribution in [2.24, 2.45) is 0 Å². The van der Waals surface area contributed by atoms with Crippen LogP contribution in [0.5, 0.6) is 11.5 Å². The van der Waals surface area contributed by atoms with Gasteiger partial charge in [-0.2, -0.15) is 4.98 Å². The van der Waals surface area contributed by atoms with Gasteiger partial charge in [0.1, 0.15) is 11.5 Å². The molecule has 0 spiro atoms. The first-order chi connectivity index (χ1) is 16.1. The predicted molar refractivity (Wildman–Crippen MR) is 123 cm³/mol. The maximum absolute atomic E-state index is 12.1. The summed E-state index contributed by atoms with van der Waals surface area (Å²) >= 11 is 0. The summed E-state index contributed by atoms with van der Waals surface area (Å²) in [6.07, 6.45) is 0.528. The molecule has 3 aromatic carbocycles. The van der Waals surface area contributed by atoms with E-state index in [9.17, 15) is 9.59 Å². The fraction of sp³-hybridized carbons (Fsp3) is 0.160. The summed E-state index contributed by atoms with van der Waals surface area (Å²) in [5.41, 5.74) is 1.21. The molecule has 33 heavy (non-hydrogen) atoms. The van der Waals surface area contributed by atoms with Gasteiger partial charge in [-0.25, -0.2) is 9.59 Å². The van der Waals surface area contributed by atoms with E-state index in [4.69, 9.17) is 18.6 Å². The van der Waals surface area contributed by atoms with Crippen LogP contribution in [0.15, 0.2) is 82.0 Å². The van der Waals surface area contributed by atoms with Crippen molar-refractivity contribution in [1.82, 2.24) is 4.98 Å². The number of anilines is 2. The monoisotopic (exact) mass is 446 g/mol. The van der Waals surface area contributed by atoms with Gasteiger partial charge in [-0.3, -0.25) is 0 Å². The van der Waals surface area contributed by atoms with E-state index in [2.05, 4.69) is 10.3 Å². The van der Waals surface area contributed by atoms with E-state index in [0.717, 1.165) is 0 Å². The Hall–Kier alpha value is -4.33. The first kappa shape index (κ1) is 21.9. The Morgan fingerprint density at radius 3 is 2.61 bits per heavy atom. The van der Waals surface area contributed by atoms with Crippen LogP contribution in [0.25, 0.3) is 10.9 Å². The smallest absolute Gasteiger partial charge is 0.348 e. The number of carbonyl (C=O) groups is 1.